The number of aromatic amines is 1. The van der Waals surface area contributed by atoms with Crippen molar-refractivity contribution in [3.63, 3.8) is 0 Å². The van der Waals surface area contributed by atoms with Crippen LogP contribution in [-0.2, 0) is 28.4 Å². The third-order valence-corrected chi connectivity index (χ3v) is 4.33. The molecular weight excluding hydrogens is 242 g/mol. The summed E-state index contributed by atoms with van der Waals surface area (Å²) in [7, 11) is -3.09. The van der Waals surface area contributed by atoms with E-state index in [1.165, 1.54) is 0 Å². The Morgan fingerprint density at radius 3 is 2.88 bits per heavy atom. The van der Waals surface area contributed by atoms with Gasteiger partial charge in [-0.15, -0.1) is 0 Å². The van der Waals surface area contributed by atoms with Gasteiger partial charge in [-0.2, -0.15) is 0 Å². The smallest absolute Gasteiger partial charge is 0.254 e. The second-order valence-electron chi connectivity index (χ2n) is 4.17. The molecular formula is C10H15N3O3S. The summed E-state index contributed by atoms with van der Waals surface area (Å²) in [4.78, 5) is 18.6. The van der Waals surface area contributed by atoms with Crippen LogP contribution in [0.2, 0.25) is 0 Å². The summed E-state index contributed by atoms with van der Waals surface area (Å²) in [5.74, 6) is 0.436. The average Bonchev–Trinajstić information content (AvgIpc) is 2.24. The van der Waals surface area contributed by atoms with Crippen molar-refractivity contribution in [1.29, 1.82) is 0 Å². The van der Waals surface area contributed by atoms with Crippen molar-refractivity contribution >= 4 is 9.84 Å². The van der Waals surface area contributed by atoms with Crippen LogP contribution in [0.3, 0.4) is 0 Å². The van der Waals surface area contributed by atoms with Gasteiger partial charge in [-0.1, -0.05) is 0 Å². The number of H-pyrrole nitrogens is 1. The Hall–Kier alpha value is -1.21. The van der Waals surface area contributed by atoms with Gasteiger partial charge in [0.15, 0.2) is 9.84 Å². The SMILES string of the molecule is NCCCc1nc2c(c(=O)[nH]1)CCS(=O)(=O)C2. The zero-order valence-electron chi connectivity index (χ0n) is 9.40. The minimum absolute atomic E-state index is 0.0346. The van der Waals surface area contributed by atoms with E-state index >= 15 is 0 Å². The molecule has 0 spiro atoms. The molecule has 6 nitrogen and oxygen atoms in total. The van der Waals surface area contributed by atoms with E-state index in [-0.39, 0.29) is 23.5 Å². The quantitative estimate of drug-likeness (QED) is 0.732. The zero-order valence-corrected chi connectivity index (χ0v) is 10.2. The first-order valence-electron chi connectivity index (χ1n) is 5.53. The second-order valence-corrected chi connectivity index (χ2v) is 6.36. The molecule has 0 amide bonds. The first-order valence-corrected chi connectivity index (χ1v) is 7.35. The lowest BCUT2D eigenvalue weighted by molar-refractivity contribution is 0.589. The Kier molecular flexibility index (Phi) is 3.30. The number of aryl methyl sites for hydroxylation is 1. The largest absolute Gasteiger partial charge is 0.330 e. The summed E-state index contributed by atoms with van der Waals surface area (Å²) in [6.45, 7) is 0.513. The summed E-state index contributed by atoms with van der Waals surface area (Å²) in [6.07, 6.45) is 1.55. The Balaban J connectivity index is 2.38. The highest BCUT2D eigenvalue weighted by Gasteiger charge is 2.25. The van der Waals surface area contributed by atoms with Gasteiger partial charge in [0.2, 0.25) is 0 Å². The van der Waals surface area contributed by atoms with Gasteiger partial charge in [0, 0.05) is 12.0 Å². The third kappa shape index (κ3) is 2.73. The number of rotatable bonds is 3. The number of sulfone groups is 1. The average molecular weight is 257 g/mol. The summed E-state index contributed by atoms with van der Waals surface area (Å²) < 4.78 is 23.0. The fourth-order valence-corrected chi connectivity index (χ4v) is 3.21. The molecule has 7 heteroatoms. The monoisotopic (exact) mass is 257 g/mol. The molecule has 0 bridgehead atoms. The first kappa shape index (κ1) is 12.3. The van der Waals surface area contributed by atoms with Crippen molar-refractivity contribution < 1.29 is 8.42 Å². The molecule has 0 saturated carbocycles. The van der Waals surface area contributed by atoms with Crippen molar-refractivity contribution in [3.05, 3.63) is 27.4 Å². The van der Waals surface area contributed by atoms with E-state index in [4.69, 9.17) is 5.73 Å². The van der Waals surface area contributed by atoms with Crippen molar-refractivity contribution in [3.8, 4) is 0 Å². The van der Waals surface area contributed by atoms with E-state index in [2.05, 4.69) is 9.97 Å². The number of nitrogens with zero attached hydrogens (tertiary/aromatic N) is 1. The minimum Gasteiger partial charge on any atom is -0.330 e. The van der Waals surface area contributed by atoms with Crippen molar-refractivity contribution in [2.75, 3.05) is 12.3 Å². The standard InChI is InChI=1S/C10H15N3O3S/c11-4-1-2-9-12-8-6-17(15,16)5-3-7(8)10(14)13-9/h1-6,11H2,(H,12,13,14). The maximum atomic E-state index is 11.7. The molecule has 2 heterocycles. The third-order valence-electron chi connectivity index (χ3n) is 2.79. The topological polar surface area (TPSA) is 106 Å². The van der Waals surface area contributed by atoms with Crippen LogP contribution >= 0.6 is 0 Å². The van der Waals surface area contributed by atoms with E-state index in [0.717, 1.165) is 0 Å². The van der Waals surface area contributed by atoms with Crippen LogP contribution < -0.4 is 11.3 Å². The summed E-state index contributed by atoms with van der Waals surface area (Å²) in [5, 5.41) is 0. The lowest BCUT2D eigenvalue weighted by atomic mass is 10.1. The fraction of sp³-hybridized carbons (Fsp3) is 0.600. The number of hydrogen-bond donors (Lipinski definition) is 2. The molecule has 0 fully saturated rings. The van der Waals surface area contributed by atoms with Crippen LogP contribution in [0.4, 0.5) is 0 Å². The van der Waals surface area contributed by atoms with E-state index in [1.807, 2.05) is 0 Å². The number of fused-ring (bicyclic) bond motifs is 1. The van der Waals surface area contributed by atoms with Gasteiger partial charge >= 0.3 is 0 Å². The van der Waals surface area contributed by atoms with Gasteiger partial charge in [-0.05, 0) is 19.4 Å². The maximum Gasteiger partial charge on any atom is 0.254 e. The van der Waals surface area contributed by atoms with Crippen LogP contribution in [0.15, 0.2) is 4.79 Å². The normalized spacial score (nSPS) is 17.7. The van der Waals surface area contributed by atoms with Gasteiger partial charge in [-0.3, -0.25) is 4.79 Å². The van der Waals surface area contributed by atoms with E-state index in [1.54, 1.807) is 0 Å². The molecule has 0 aliphatic carbocycles. The fourth-order valence-electron chi connectivity index (χ4n) is 1.90. The molecule has 0 atom stereocenters. The predicted molar refractivity (Wildman–Crippen MR) is 63.4 cm³/mol. The van der Waals surface area contributed by atoms with Crippen LogP contribution in [0.25, 0.3) is 0 Å². The minimum atomic E-state index is -3.09. The van der Waals surface area contributed by atoms with Crippen molar-refractivity contribution in [2.24, 2.45) is 5.73 Å². The Labute approximate surface area is 99.2 Å². The van der Waals surface area contributed by atoms with Crippen LogP contribution in [0, 0.1) is 0 Å². The molecule has 3 N–H and O–H groups in total. The highest BCUT2D eigenvalue weighted by atomic mass is 32.2. The highest BCUT2D eigenvalue weighted by molar-refractivity contribution is 7.90. The molecule has 2 rings (SSSR count). The second kappa shape index (κ2) is 4.58. The molecule has 1 aliphatic heterocycles. The van der Waals surface area contributed by atoms with Crippen LogP contribution in [0.1, 0.15) is 23.5 Å². The van der Waals surface area contributed by atoms with Gasteiger partial charge in [-0.25, -0.2) is 13.4 Å². The number of nitrogens with two attached hydrogens (primary N) is 1. The number of nitrogens with one attached hydrogen (secondary N) is 1. The van der Waals surface area contributed by atoms with Gasteiger partial charge in [0.25, 0.3) is 5.56 Å². The van der Waals surface area contributed by atoms with Crippen LogP contribution in [-0.4, -0.2) is 30.7 Å². The Bertz CT molecular complexity index is 577. The summed E-state index contributed by atoms with van der Waals surface area (Å²) in [5.41, 5.74) is 6.09. The van der Waals surface area contributed by atoms with Gasteiger partial charge in [0.05, 0.1) is 17.2 Å². The predicted octanol–water partition coefficient (Wildman–Crippen LogP) is -0.868. The molecule has 0 saturated heterocycles. The van der Waals surface area contributed by atoms with E-state index in [0.29, 0.717) is 36.5 Å². The summed E-state index contributed by atoms with van der Waals surface area (Å²) in [6, 6.07) is 0. The zero-order chi connectivity index (χ0) is 12.5. The molecule has 0 aromatic carbocycles. The van der Waals surface area contributed by atoms with E-state index < -0.39 is 9.84 Å². The van der Waals surface area contributed by atoms with Crippen LogP contribution in [0.5, 0.6) is 0 Å². The first-order chi connectivity index (χ1) is 8.02. The molecule has 1 aromatic rings. The molecule has 94 valence electrons. The number of aromatic nitrogens is 2. The lowest BCUT2D eigenvalue weighted by Crippen LogP contribution is -2.29. The van der Waals surface area contributed by atoms with Crippen molar-refractivity contribution in [1.82, 2.24) is 9.97 Å². The maximum absolute atomic E-state index is 11.7. The highest BCUT2D eigenvalue weighted by Crippen LogP contribution is 2.15. The Morgan fingerprint density at radius 1 is 1.41 bits per heavy atom. The lowest BCUT2D eigenvalue weighted by Gasteiger charge is -2.15. The Morgan fingerprint density at radius 2 is 2.18 bits per heavy atom. The van der Waals surface area contributed by atoms with Crippen molar-refractivity contribution in [2.45, 2.75) is 25.0 Å². The molecule has 1 aromatic heterocycles. The summed E-state index contributed by atoms with van der Waals surface area (Å²) >= 11 is 0. The molecule has 0 unspecified atom stereocenters. The van der Waals surface area contributed by atoms with Gasteiger partial charge in [0.1, 0.15) is 5.82 Å². The molecule has 17 heavy (non-hydrogen) atoms. The number of hydrogen-bond acceptors (Lipinski definition) is 5. The van der Waals surface area contributed by atoms with Gasteiger partial charge < -0.3 is 10.7 Å². The molecule has 0 radical (unpaired) electrons. The van der Waals surface area contributed by atoms with E-state index in [9.17, 15) is 13.2 Å². The molecule has 1 aliphatic rings.